The van der Waals surface area contributed by atoms with Gasteiger partial charge in [0, 0.05) is 23.7 Å². The first-order valence-corrected chi connectivity index (χ1v) is 11.7. The van der Waals surface area contributed by atoms with Crippen molar-refractivity contribution in [1.29, 1.82) is 0 Å². The Bertz CT molecular complexity index is 1370. The highest BCUT2D eigenvalue weighted by atomic mass is 35.5. The molecule has 0 aliphatic carbocycles. The van der Waals surface area contributed by atoms with Crippen LogP contribution in [0.2, 0.25) is 5.02 Å². The molecule has 3 aromatic rings. The summed E-state index contributed by atoms with van der Waals surface area (Å²) in [5, 5.41) is -0.104. The van der Waals surface area contributed by atoms with E-state index in [4.69, 9.17) is 16.6 Å². The molecule has 1 amide bonds. The molecule has 0 saturated carbocycles. The Hall–Kier alpha value is -3.33. The molecule has 0 fully saturated rings. The number of rotatable bonds is 5. The van der Waals surface area contributed by atoms with Crippen molar-refractivity contribution in [2.45, 2.75) is 33.4 Å². The van der Waals surface area contributed by atoms with Crippen molar-refractivity contribution in [3.63, 3.8) is 0 Å². The minimum atomic E-state index is -0.719. The standard InChI is InChI=1S/C25H23ClF3N5O/c1-4-32-24(35)21-23(34-12-20(13(2)3)30-25(32)34)33(11-15-5-7-16(27)10-19(15)29)22(31-21)14-6-8-18(28)17(26)9-14/h5-10,13,20H,4,11-12H2,1-3H3/t20-/m0/s1. The van der Waals surface area contributed by atoms with Gasteiger partial charge in [0.15, 0.2) is 5.69 Å². The molecule has 3 heterocycles. The van der Waals surface area contributed by atoms with Gasteiger partial charge in [-0.3, -0.25) is 14.6 Å². The van der Waals surface area contributed by atoms with Crippen LogP contribution in [0.1, 0.15) is 36.8 Å². The normalized spacial score (nSPS) is 17.2. The van der Waals surface area contributed by atoms with Crippen LogP contribution in [0.4, 0.5) is 19.0 Å². The number of carbonyl (C=O) groups excluding carboxylic acids is 1. The lowest BCUT2D eigenvalue weighted by atomic mass is 10.1. The van der Waals surface area contributed by atoms with Gasteiger partial charge in [-0.05, 0) is 37.1 Å². The zero-order chi connectivity index (χ0) is 25.0. The van der Waals surface area contributed by atoms with Crippen molar-refractivity contribution < 1.29 is 18.0 Å². The number of carbonyl (C=O) groups is 1. The molecule has 1 aromatic heterocycles. The van der Waals surface area contributed by atoms with Gasteiger partial charge in [-0.2, -0.15) is 0 Å². The minimum Gasteiger partial charge on any atom is -0.305 e. The molecule has 2 aliphatic rings. The van der Waals surface area contributed by atoms with Crippen LogP contribution < -0.4 is 4.90 Å². The van der Waals surface area contributed by atoms with Crippen LogP contribution in [0.15, 0.2) is 41.4 Å². The first-order chi connectivity index (χ1) is 16.7. The summed E-state index contributed by atoms with van der Waals surface area (Å²) in [5.74, 6) is -0.783. The van der Waals surface area contributed by atoms with E-state index in [2.05, 4.69) is 18.8 Å². The third-order valence-electron chi connectivity index (χ3n) is 6.39. The Balaban J connectivity index is 1.74. The Morgan fingerprint density at radius 1 is 1.11 bits per heavy atom. The number of fused-ring (bicyclic) bond motifs is 3. The molecule has 0 saturated heterocycles. The molecule has 0 unspecified atom stereocenters. The van der Waals surface area contributed by atoms with Crippen molar-refractivity contribution in [2.75, 3.05) is 18.0 Å². The summed E-state index contributed by atoms with van der Waals surface area (Å²) in [4.78, 5) is 26.4. The second kappa shape index (κ2) is 8.71. The molecule has 0 radical (unpaired) electrons. The highest BCUT2D eigenvalue weighted by molar-refractivity contribution is 6.31. The summed E-state index contributed by atoms with van der Waals surface area (Å²) in [6, 6.07) is 7.44. The summed E-state index contributed by atoms with van der Waals surface area (Å²) in [6.45, 7) is 6.86. The topological polar surface area (TPSA) is 53.7 Å². The number of imidazole rings is 1. The molecular formula is C25H23ClF3N5O. The van der Waals surface area contributed by atoms with Crippen LogP contribution in [0.5, 0.6) is 0 Å². The fraction of sp³-hybridized carbons (Fsp3) is 0.320. The fourth-order valence-corrected chi connectivity index (χ4v) is 4.66. The van der Waals surface area contributed by atoms with E-state index in [1.54, 1.807) is 9.47 Å². The van der Waals surface area contributed by atoms with E-state index in [1.807, 2.05) is 11.8 Å². The van der Waals surface area contributed by atoms with Crippen molar-refractivity contribution in [1.82, 2.24) is 14.5 Å². The van der Waals surface area contributed by atoms with E-state index >= 15 is 0 Å². The second-order valence-corrected chi connectivity index (χ2v) is 9.37. The predicted octanol–water partition coefficient (Wildman–Crippen LogP) is 5.35. The van der Waals surface area contributed by atoms with Gasteiger partial charge in [0.1, 0.15) is 29.1 Å². The molecule has 5 rings (SSSR count). The number of aliphatic imine (C=N–C) groups is 1. The number of hydrogen-bond acceptors (Lipinski definition) is 4. The zero-order valence-electron chi connectivity index (χ0n) is 19.4. The molecule has 0 N–H and O–H groups in total. The van der Waals surface area contributed by atoms with Crippen molar-refractivity contribution >= 4 is 29.3 Å². The van der Waals surface area contributed by atoms with E-state index in [0.717, 1.165) is 6.07 Å². The van der Waals surface area contributed by atoms with Gasteiger partial charge < -0.3 is 4.57 Å². The third-order valence-corrected chi connectivity index (χ3v) is 6.67. The van der Waals surface area contributed by atoms with Crippen LogP contribution in [0, 0.1) is 23.4 Å². The molecule has 10 heteroatoms. The molecule has 1 atom stereocenters. The number of guanidine groups is 1. The first-order valence-electron chi connectivity index (χ1n) is 11.4. The Morgan fingerprint density at radius 2 is 1.89 bits per heavy atom. The average molecular weight is 502 g/mol. The monoisotopic (exact) mass is 501 g/mol. The zero-order valence-corrected chi connectivity index (χ0v) is 20.2. The largest absolute Gasteiger partial charge is 0.305 e. The van der Waals surface area contributed by atoms with E-state index in [1.165, 1.54) is 30.3 Å². The van der Waals surface area contributed by atoms with Gasteiger partial charge in [-0.25, -0.2) is 23.1 Å². The summed E-state index contributed by atoms with van der Waals surface area (Å²) in [7, 11) is 0. The van der Waals surface area contributed by atoms with Gasteiger partial charge in [0.25, 0.3) is 5.91 Å². The number of nitrogens with zero attached hydrogens (tertiary/aromatic N) is 5. The lowest BCUT2D eigenvalue weighted by molar-refractivity contribution is 0.0841. The van der Waals surface area contributed by atoms with Crippen LogP contribution in [-0.2, 0) is 6.54 Å². The minimum absolute atomic E-state index is 0.0334. The number of aromatic nitrogens is 2. The van der Waals surface area contributed by atoms with Gasteiger partial charge in [-0.15, -0.1) is 0 Å². The van der Waals surface area contributed by atoms with Crippen LogP contribution in [0.3, 0.4) is 0 Å². The number of hydrogen-bond donors (Lipinski definition) is 0. The smallest absolute Gasteiger partial charge is 0.283 e. The van der Waals surface area contributed by atoms with Crippen LogP contribution >= 0.6 is 11.6 Å². The van der Waals surface area contributed by atoms with Crippen molar-refractivity contribution in [3.05, 3.63) is 70.1 Å². The van der Waals surface area contributed by atoms with E-state index in [9.17, 15) is 18.0 Å². The highest BCUT2D eigenvalue weighted by Gasteiger charge is 2.44. The molecule has 182 valence electrons. The molecule has 6 nitrogen and oxygen atoms in total. The Labute approximate surface area is 205 Å². The van der Waals surface area contributed by atoms with E-state index in [-0.39, 0.29) is 40.7 Å². The van der Waals surface area contributed by atoms with E-state index in [0.29, 0.717) is 36.3 Å². The maximum atomic E-state index is 14.7. The number of anilines is 1. The average Bonchev–Trinajstić information content (AvgIpc) is 3.40. The van der Waals surface area contributed by atoms with Crippen LogP contribution in [-0.4, -0.2) is 45.4 Å². The number of benzene rings is 2. The Morgan fingerprint density at radius 3 is 2.54 bits per heavy atom. The summed E-state index contributed by atoms with van der Waals surface area (Å²) in [6.07, 6.45) is 0. The summed E-state index contributed by atoms with van der Waals surface area (Å²) in [5.41, 5.74) is 0.861. The SMILES string of the molecule is CCN1C(=O)c2nc(-c3ccc(F)c(Cl)c3)n(Cc3ccc(F)cc3F)c2N2C[C@@H](C(C)C)N=C12. The summed E-state index contributed by atoms with van der Waals surface area (Å²) >= 11 is 6.04. The third kappa shape index (κ3) is 3.87. The molecule has 0 spiro atoms. The molecular weight excluding hydrogens is 479 g/mol. The maximum absolute atomic E-state index is 14.7. The molecule has 2 aromatic carbocycles. The lowest BCUT2D eigenvalue weighted by Crippen LogP contribution is -2.50. The van der Waals surface area contributed by atoms with Gasteiger partial charge in [0.05, 0.1) is 24.2 Å². The Kier molecular flexibility index (Phi) is 5.83. The van der Waals surface area contributed by atoms with Gasteiger partial charge >= 0.3 is 0 Å². The lowest BCUT2D eigenvalue weighted by Gasteiger charge is -2.33. The first kappa shape index (κ1) is 23.4. The number of halogens is 4. The quantitative estimate of drug-likeness (QED) is 0.474. The molecule has 0 bridgehead atoms. The predicted molar refractivity (Wildman–Crippen MR) is 128 cm³/mol. The van der Waals surface area contributed by atoms with Gasteiger partial charge in [0.2, 0.25) is 5.96 Å². The van der Waals surface area contributed by atoms with Gasteiger partial charge in [-0.1, -0.05) is 31.5 Å². The van der Waals surface area contributed by atoms with Crippen LogP contribution in [0.25, 0.3) is 11.4 Å². The number of amides is 1. The molecule has 35 heavy (non-hydrogen) atoms. The fourth-order valence-electron chi connectivity index (χ4n) is 4.47. The molecule has 2 aliphatic heterocycles. The van der Waals surface area contributed by atoms with Crippen molar-refractivity contribution in [2.24, 2.45) is 10.9 Å². The highest BCUT2D eigenvalue weighted by Crippen LogP contribution is 2.38. The maximum Gasteiger partial charge on any atom is 0.283 e. The second-order valence-electron chi connectivity index (χ2n) is 8.96. The van der Waals surface area contributed by atoms with Crippen molar-refractivity contribution in [3.8, 4) is 11.4 Å². The van der Waals surface area contributed by atoms with E-state index < -0.39 is 17.5 Å². The summed E-state index contributed by atoms with van der Waals surface area (Å²) < 4.78 is 43.9.